The quantitative estimate of drug-likeness (QED) is 0.540. The van der Waals surface area contributed by atoms with Crippen molar-refractivity contribution in [2.45, 2.75) is 32.6 Å². The van der Waals surface area contributed by atoms with Crippen LogP contribution in [0.4, 0.5) is 0 Å². The molecule has 1 fully saturated rings. The topological polar surface area (TPSA) is 27.7 Å². The largest absolute Gasteiger partial charge is 1.00 e. The van der Waals surface area contributed by atoms with Crippen LogP contribution in [0, 0.1) is 11.8 Å². The molecule has 1 aliphatic rings. The molecule has 0 aliphatic carbocycles. The summed E-state index contributed by atoms with van der Waals surface area (Å²) in [7, 11) is 4.86. The molecule has 25 heavy (non-hydrogen) atoms. The van der Waals surface area contributed by atoms with Gasteiger partial charge in [-0.25, -0.2) is 0 Å². The Morgan fingerprint density at radius 1 is 0.960 bits per heavy atom. The van der Waals surface area contributed by atoms with E-state index in [1.807, 2.05) is 12.1 Å². The van der Waals surface area contributed by atoms with Gasteiger partial charge >= 0.3 is 0 Å². The van der Waals surface area contributed by atoms with Crippen molar-refractivity contribution < 1.29 is 31.1 Å². The summed E-state index contributed by atoms with van der Waals surface area (Å²) >= 11 is 0. The van der Waals surface area contributed by atoms with Crippen LogP contribution in [0.5, 0.6) is 17.2 Å². The van der Waals surface area contributed by atoms with Crippen molar-refractivity contribution in [2.75, 3.05) is 47.5 Å². The number of quaternary nitrogens is 1. The molecule has 0 radical (unpaired) electrons. The fourth-order valence-corrected chi connectivity index (χ4v) is 3.49. The highest BCUT2D eigenvalue weighted by Gasteiger charge is 2.26. The van der Waals surface area contributed by atoms with Gasteiger partial charge in [-0.3, -0.25) is 0 Å². The summed E-state index contributed by atoms with van der Waals surface area (Å²) in [5.74, 6) is 8.48. The highest BCUT2D eigenvalue weighted by atomic mass is 35.5. The maximum atomic E-state index is 5.38. The third-order valence-electron chi connectivity index (χ3n) is 5.04. The van der Waals surface area contributed by atoms with Gasteiger partial charge in [0.2, 0.25) is 5.75 Å². The number of nitrogens with zero attached hydrogens (tertiary/aromatic N) is 1. The van der Waals surface area contributed by atoms with Crippen LogP contribution in [0.15, 0.2) is 12.1 Å². The molecule has 2 rings (SSSR count). The van der Waals surface area contributed by atoms with Gasteiger partial charge < -0.3 is 31.1 Å². The predicted octanol–water partition coefficient (Wildman–Crippen LogP) is 0.479. The predicted molar refractivity (Wildman–Crippen MR) is 96.8 cm³/mol. The van der Waals surface area contributed by atoms with Gasteiger partial charge in [0, 0.05) is 5.56 Å². The summed E-state index contributed by atoms with van der Waals surface area (Å²) in [6, 6.07) is 3.80. The number of ether oxygens (including phenoxy) is 3. The van der Waals surface area contributed by atoms with Crippen molar-refractivity contribution >= 4 is 0 Å². The Bertz CT molecular complexity index is 576. The lowest BCUT2D eigenvalue weighted by molar-refractivity contribution is -0.930. The maximum absolute atomic E-state index is 5.38. The van der Waals surface area contributed by atoms with Crippen molar-refractivity contribution in [1.29, 1.82) is 0 Å². The highest BCUT2D eigenvalue weighted by molar-refractivity contribution is 5.57. The Kier molecular flexibility index (Phi) is 8.96. The maximum Gasteiger partial charge on any atom is 0.203 e. The number of benzene rings is 1. The number of halogens is 1. The molecule has 0 N–H and O–H groups in total. The molecule has 1 heterocycles. The van der Waals surface area contributed by atoms with Crippen LogP contribution in [0.2, 0.25) is 0 Å². The van der Waals surface area contributed by atoms with Gasteiger partial charge in [0.05, 0.1) is 53.9 Å². The van der Waals surface area contributed by atoms with E-state index in [1.54, 1.807) is 21.3 Å². The highest BCUT2D eigenvalue weighted by Crippen LogP contribution is 2.37. The average molecular weight is 368 g/mol. The molecule has 1 aliphatic heterocycles. The van der Waals surface area contributed by atoms with Crippen molar-refractivity contribution in [3.8, 4) is 29.1 Å². The van der Waals surface area contributed by atoms with Crippen LogP contribution in [0.1, 0.15) is 38.2 Å². The first-order valence-electron chi connectivity index (χ1n) is 8.82. The number of rotatable bonds is 6. The molecule has 140 valence electrons. The molecule has 1 aromatic rings. The van der Waals surface area contributed by atoms with Gasteiger partial charge in [0.15, 0.2) is 11.5 Å². The minimum Gasteiger partial charge on any atom is -1.00 e. The minimum atomic E-state index is 0. The van der Waals surface area contributed by atoms with E-state index in [-0.39, 0.29) is 12.4 Å². The van der Waals surface area contributed by atoms with Gasteiger partial charge in [-0.1, -0.05) is 11.8 Å². The van der Waals surface area contributed by atoms with E-state index in [0.29, 0.717) is 17.2 Å². The summed E-state index contributed by atoms with van der Waals surface area (Å²) < 4.78 is 17.3. The second-order valence-electron chi connectivity index (χ2n) is 6.36. The molecule has 0 amide bonds. The number of likely N-dealkylation sites (tertiary alicyclic amines) is 1. The number of piperidine rings is 1. The molecule has 0 spiro atoms. The van der Waals surface area contributed by atoms with Gasteiger partial charge in [-0.05, 0) is 38.3 Å². The zero-order valence-electron chi connectivity index (χ0n) is 15.9. The average Bonchev–Trinajstić information content (AvgIpc) is 2.65. The van der Waals surface area contributed by atoms with E-state index in [2.05, 4.69) is 18.8 Å². The van der Waals surface area contributed by atoms with E-state index < -0.39 is 0 Å². The third kappa shape index (κ3) is 5.45. The third-order valence-corrected chi connectivity index (χ3v) is 5.04. The van der Waals surface area contributed by atoms with Gasteiger partial charge in [0.1, 0.15) is 0 Å². The van der Waals surface area contributed by atoms with Crippen molar-refractivity contribution in [1.82, 2.24) is 0 Å². The van der Waals surface area contributed by atoms with Gasteiger partial charge in [0.25, 0.3) is 0 Å². The molecule has 0 unspecified atom stereocenters. The number of hydrogen-bond acceptors (Lipinski definition) is 3. The monoisotopic (exact) mass is 367 g/mol. The van der Waals surface area contributed by atoms with Gasteiger partial charge in [-0.15, -0.1) is 0 Å². The number of hydrogen-bond donors (Lipinski definition) is 0. The van der Waals surface area contributed by atoms with Crippen molar-refractivity contribution in [3.05, 3.63) is 17.7 Å². The lowest BCUT2D eigenvalue weighted by atomic mass is 10.1. The molecule has 0 atom stereocenters. The van der Waals surface area contributed by atoms with Crippen LogP contribution in [-0.2, 0) is 0 Å². The van der Waals surface area contributed by atoms with Crippen LogP contribution >= 0.6 is 0 Å². The second-order valence-corrected chi connectivity index (χ2v) is 6.36. The fourth-order valence-electron chi connectivity index (χ4n) is 3.49. The summed E-state index contributed by atoms with van der Waals surface area (Å²) in [6.45, 7) is 7.28. The van der Waals surface area contributed by atoms with E-state index in [9.17, 15) is 0 Å². The van der Waals surface area contributed by atoms with Crippen LogP contribution in [0.25, 0.3) is 0 Å². The van der Waals surface area contributed by atoms with Crippen molar-refractivity contribution in [2.24, 2.45) is 0 Å². The zero-order chi connectivity index (χ0) is 17.4. The number of methoxy groups -OCH3 is 3. The summed E-state index contributed by atoms with van der Waals surface area (Å²) in [5, 5.41) is 0. The molecular formula is C20H30ClNO3. The Hall–Kier alpha value is -1.57. The second kappa shape index (κ2) is 10.4. The van der Waals surface area contributed by atoms with Crippen molar-refractivity contribution in [3.63, 3.8) is 0 Å². The normalized spacial score (nSPS) is 15.4. The molecule has 1 aromatic carbocycles. The molecule has 1 saturated heterocycles. The first-order chi connectivity index (χ1) is 11.7. The lowest BCUT2D eigenvalue weighted by Crippen LogP contribution is -3.00. The van der Waals surface area contributed by atoms with Crippen LogP contribution in [0.3, 0.4) is 0 Å². The summed E-state index contributed by atoms with van der Waals surface area (Å²) in [4.78, 5) is 0. The zero-order valence-corrected chi connectivity index (χ0v) is 16.6. The SMILES string of the molecule is CC[N+]1(CCC#Cc2cc(OC)c(OC)c(OC)c2)CCCCC1.[Cl-]. The molecule has 5 heteroatoms. The first kappa shape index (κ1) is 21.5. The standard InChI is InChI=1S/C20H30NO3.ClH/c1-5-21(12-8-6-9-13-21)14-10-7-11-17-15-18(22-2)20(24-4)19(16-17)23-3;/h15-16H,5-6,8-10,12-14H2,1-4H3;1H/q+1;/p-1. The Labute approximate surface area is 158 Å². The van der Waals surface area contributed by atoms with E-state index in [0.717, 1.165) is 18.5 Å². The minimum absolute atomic E-state index is 0. The van der Waals surface area contributed by atoms with E-state index >= 15 is 0 Å². The van der Waals surface area contributed by atoms with E-state index in [1.165, 1.54) is 43.4 Å². The first-order valence-corrected chi connectivity index (χ1v) is 8.82. The fraction of sp³-hybridized carbons (Fsp3) is 0.600. The Morgan fingerprint density at radius 2 is 1.56 bits per heavy atom. The van der Waals surface area contributed by atoms with Gasteiger partial charge in [-0.2, -0.15) is 0 Å². The van der Waals surface area contributed by atoms with Crippen LogP contribution < -0.4 is 26.6 Å². The smallest absolute Gasteiger partial charge is 0.203 e. The Balaban J connectivity index is 0.00000312. The van der Waals surface area contributed by atoms with Crippen LogP contribution in [-0.4, -0.2) is 52.0 Å². The van der Waals surface area contributed by atoms with E-state index in [4.69, 9.17) is 14.2 Å². The molecule has 4 nitrogen and oxygen atoms in total. The summed E-state index contributed by atoms with van der Waals surface area (Å²) in [6.07, 6.45) is 5.02. The Morgan fingerprint density at radius 3 is 2.04 bits per heavy atom. The molecular weight excluding hydrogens is 338 g/mol. The summed E-state index contributed by atoms with van der Waals surface area (Å²) in [5.41, 5.74) is 0.895. The molecule has 0 saturated carbocycles. The molecule has 0 bridgehead atoms. The molecule has 0 aromatic heterocycles. The lowest BCUT2D eigenvalue weighted by Gasteiger charge is -2.40.